The fraction of sp³-hybridized carbons (Fsp3) is 0.0714. The molecule has 0 aromatic heterocycles. The van der Waals surface area contributed by atoms with Crippen molar-refractivity contribution in [2.24, 2.45) is 0 Å². The largest absolute Gasteiger partial charge is 0.350 e. The number of nitro benzene ring substituents is 1. The van der Waals surface area contributed by atoms with Gasteiger partial charge in [-0.1, -0.05) is 18.2 Å². The van der Waals surface area contributed by atoms with E-state index in [0.717, 1.165) is 11.3 Å². The maximum absolute atomic E-state index is 11.0. The minimum atomic E-state index is -0.499. The van der Waals surface area contributed by atoms with E-state index < -0.39 is 4.92 Å². The summed E-state index contributed by atoms with van der Waals surface area (Å²) in [6.07, 6.45) is 0. The van der Waals surface area contributed by atoms with Crippen LogP contribution in [0.3, 0.4) is 0 Å². The summed E-state index contributed by atoms with van der Waals surface area (Å²) in [5.74, 6) is 0. The molecule has 1 N–H and O–H groups in total. The highest BCUT2D eigenvalue weighted by Crippen LogP contribution is 2.29. The molecule has 0 bridgehead atoms. The Morgan fingerprint density at radius 2 is 1.95 bits per heavy atom. The molecule has 0 spiro atoms. The Labute approximate surface area is 110 Å². The van der Waals surface area contributed by atoms with Gasteiger partial charge in [-0.15, -0.1) is 0 Å². The lowest BCUT2D eigenvalue weighted by atomic mass is 10.1. The first kappa shape index (κ1) is 12.6. The Kier molecular flexibility index (Phi) is 3.44. The second kappa shape index (κ2) is 5.19. The molecule has 5 heteroatoms. The van der Waals surface area contributed by atoms with Gasteiger partial charge in [0.05, 0.1) is 16.6 Å². The number of nitrogens with one attached hydrogen (secondary N) is 1. The Morgan fingerprint density at radius 1 is 1.21 bits per heavy atom. The Hall–Kier alpha value is -2.87. The minimum Gasteiger partial charge on any atom is -0.350 e. The van der Waals surface area contributed by atoms with Crippen molar-refractivity contribution in [2.45, 2.75) is 6.92 Å². The van der Waals surface area contributed by atoms with Gasteiger partial charge in [0.25, 0.3) is 5.69 Å². The van der Waals surface area contributed by atoms with Gasteiger partial charge in [-0.3, -0.25) is 10.1 Å². The summed E-state index contributed by atoms with van der Waals surface area (Å²) in [7, 11) is 0. The standard InChI is InChI=1S/C14H11N3O2/c1-10-4-2-3-5-12(10)16-13-7-6-11(9-15)8-14(13)17(18)19/h2-8,16H,1H3. The number of anilines is 2. The molecule has 2 rings (SSSR count). The van der Waals surface area contributed by atoms with Crippen LogP contribution in [0.25, 0.3) is 0 Å². The van der Waals surface area contributed by atoms with Crippen molar-refractivity contribution >= 4 is 17.1 Å². The third-order valence-electron chi connectivity index (χ3n) is 2.74. The number of para-hydroxylation sites is 1. The number of nitriles is 1. The van der Waals surface area contributed by atoms with Crippen LogP contribution in [0.4, 0.5) is 17.1 Å². The first-order valence-corrected chi connectivity index (χ1v) is 5.63. The van der Waals surface area contributed by atoms with Crippen molar-refractivity contribution in [1.82, 2.24) is 0 Å². The summed E-state index contributed by atoms with van der Waals surface area (Å²) in [5, 5.41) is 22.8. The molecule has 94 valence electrons. The predicted octanol–water partition coefficient (Wildman–Crippen LogP) is 3.52. The molecule has 2 aromatic carbocycles. The van der Waals surface area contributed by atoms with Crippen molar-refractivity contribution in [3.05, 3.63) is 63.7 Å². The number of rotatable bonds is 3. The zero-order valence-electron chi connectivity index (χ0n) is 10.3. The summed E-state index contributed by atoms with van der Waals surface area (Å²) < 4.78 is 0. The van der Waals surface area contributed by atoms with Crippen LogP contribution in [0.5, 0.6) is 0 Å². The maximum atomic E-state index is 11.0. The highest BCUT2D eigenvalue weighted by atomic mass is 16.6. The minimum absolute atomic E-state index is 0.109. The zero-order valence-corrected chi connectivity index (χ0v) is 10.3. The molecule has 19 heavy (non-hydrogen) atoms. The van der Waals surface area contributed by atoms with E-state index in [2.05, 4.69) is 5.32 Å². The molecule has 0 heterocycles. The lowest BCUT2D eigenvalue weighted by Crippen LogP contribution is -1.98. The molecule has 0 aliphatic carbocycles. The molecule has 0 unspecified atom stereocenters. The van der Waals surface area contributed by atoms with Gasteiger partial charge in [0, 0.05) is 11.8 Å². The van der Waals surface area contributed by atoms with Crippen molar-refractivity contribution in [2.75, 3.05) is 5.32 Å². The highest BCUT2D eigenvalue weighted by Gasteiger charge is 2.15. The number of hydrogen-bond donors (Lipinski definition) is 1. The van der Waals surface area contributed by atoms with E-state index in [4.69, 9.17) is 5.26 Å². The molecule has 5 nitrogen and oxygen atoms in total. The molecule has 0 aliphatic rings. The van der Waals surface area contributed by atoms with Crippen LogP contribution in [-0.2, 0) is 0 Å². The maximum Gasteiger partial charge on any atom is 0.293 e. The van der Waals surface area contributed by atoms with Crippen LogP contribution >= 0.6 is 0 Å². The van der Waals surface area contributed by atoms with E-state index in [1.165, 1.54) is 6.07 Å². The molecule has 0 saturated heterocycles. The lowest BCUT2D eigenvalue weighted by molar-refractivity contribution is -0.383. The first-order valence-electron chi connectivity index (χ1n) is 5.63. The Bertz CT molecular complexity index is 675. The number of benzene rings is 2. The van der Waals surface area contributed by atoms with Gasteiger partial charge in [-0.25, -0.2) is 0 Å². The highest BCUT2D eigenvalue weighted by molar-refractivity contribution is 5.72. The summed E-state index contributed by atoms with van der Waals surface area (Å²) >= 11 is 0. The summed E-state index contributed by atoms with van der Waals surface area (Å²) in [5.41, 5.74) is 2.32. The number of nitro groups is 1. The van der Waals surface area contributed by atoms with E-state index in [-0.39, 0.29) is 11.3 Å². The van der Waals surface area contributed by atoms with E-state index in [9.17, 15) is 10.1 Å². The third-order valence-corrected chi connectivity index (χ3v) is 2.74. The summed E-state index contributed by atoms with van der Waals surface area (Å²) in [6, 6.07) is 13.8. The SMILES string of the molecule is Cc1ccccc1Nc1ccc(C#N)cc1[N+](=O)[O-]. The van der Waals surface area contributed by atoms with E-state index in [1.54, 1.807) is 12.1 Å². The van der Waals surface area contributed by atoms with Gasteiger partial charge in [0.1, 0.15) is 5.69 Å². The molecular weight excluding hydrogens is 242 g/mol. The number of aryl methyl sites for hydroxylation is 1. The van der Waals surface area contributed by atoms with Crippen LogP contribution < -0.4 is 5.32 Å². The summed E-state index contributed by atoms with van der Waals surface area (Å²) in [4.78, 5) is 10.5. The number of hydrogen-bond acceptors (Lipinski definition) is 4. The van der Waals surface area contributed by atoms with E-state index in [0.29, 0.717) is 5.69 Å². The van der Waals surface area contributed by atoms with Gasteiger partial charge >= 0.3 is 0 Å². The second-order valence-electron chi connectivity index (χ2n) is 4.04. The van der Waals surface area contributed by atoms with Crippen LogP contribution in [0.15, 0.2) is 42.5 Å². The van der Waals surface area contributed by atoms with Crippen LogP contribution in [-0.4, -0.2) is 4.92 Å². The normalized spacial score (nSPS) is 9.68. The monoisotopic (exact) mass is 253 g/mol. The molecular formula is C14H11N3O2. The Morgan fingerprint density at radius 3 is 2.58 bits per heavy atom. The van der Waals surface area contributed by atoms with Crippen molar-refractivity contribution in [3.8, 4) is 6.07 Å². The van der Waals surface area contributed by atoms with Gasteiger partial charge in [0.15, 0.2) is 0 Å². The quantitative estimate of drug-likeness (QED) is 0.670. The van der Waals surface area contributed by atoms with Crippen molar-refractivity contribution in [1.29, 1.82) is 5.26 Å². The topological polar surface area (TPSA) is 79.0 Å². The van der Waals surface area contributed by atoms with E-state index in [1.807, 2.05) is 37.3 Å². The molecule has 0 amide bonds. The number of nitrogens with zero attached hydrogens (tertiary/aromatic N) is 2. The second-order valence-corrected chi connectivity index (χ2v) is 4.04. The zero-order chi connectivity index (χ0) is 13.8. The molecule has 0 saturated carbocycles. The third kappa shape index (κ3) is 2.69. The summed E-state index contributed by atoms with van der Waals surface area (Å²) in [6.45, 7) is 1.91. The van der Waals surface area contributed by atoms with Crippen LogP contribution in [0.2, 0.25) is 0 Å². The smallest absolute Gasteiger partial charge is 0.293 e. The average Bonchev–Trinajstić information content (AvgIpc) is 2.41. The molecule has 2 aromatic rings. The molecule has 0 fully saturated rings. The van der Waals surface area contributed by atoms with Crippen molar-refractivity contribution < 1.29 is 4.92 Å². The molecule has 0 radical (unpaired) electrons. The van der Waals surface area contributed by atoms with E-state index >= 15 is 0 Å². The van der Waals surface area contributed by atoms with Gasteiger partial charge < -0.3 is 5.32 Å². The lowest BCUT2D eigenvalue weighted by Gasteiger charge is -2.09. The van der Waals surface area contributed by atoms with Gasteiger partial charge in [-0.05, 0) is 30.7 Å². The van der Waals surface area contributed by atoms with Crippen LogP contribution in [0.1, 0.15) is 11.1 Å². The molecule has 0 aliphatic heterocycles. The molecule has 0 atom stereocenters. The first-order chi connectivity index (χ1) is 9.11. The van der Waals surface area contributed by atoms with Gasteiger partial charge in [0.2, 0.25) is 0 Å². The van der Waals surface area contributed by atoms with Crippen molar-refractivity contribution in [3.63, 3.8) is 0 Å². The fourth-order valence-corrected chi connectivity index (χ4v) is 1.72. The van der Waals surface area contributed by atoms with Crippen LogP contribution in [0, 0.1) is 28.4 Å². The predicted molar refractivity (Wildman–Crippen MR) is 72.3 cm³/mol. The Balaban J connectivity index is 2.43. The fourth-order valence-electron chi connectivity index (χ4n) is 1.72. The van der Waals surface area contributed by atoms with Gasteiger partial charge in [-0.2, -0.15) is 5.26 Å². The average molecular weight is 253 g/mol.